The summed E-state index contributed by atoms with van der Waals surface area (Å²) in [7, 11) is 0. The molecule has 0 bridgehead atoms. The molecule has 0 spiro atoms. The van der Waals surface area contributed by atoms with Gasteiger partial charge in [0.25, 0.3) is 0 Å². The number of hydrogen-bond acceptors (Lipinski definition) is 4. The van der Waals surface area contributed by atoms with Crippen molar-refractivity contribution in [2.24, 2.45) is 0 Å². The van der Waals surface area contributed by atoms with Crippen LogP contribution < -0.4 is 10.6 Å². The number of carbonyl (C=O) groups excluding carboxylic acids is 1. The molecule has 1 aromatic heterocycles. The fourth-order valence-electron chi connectivity index (χ4n) is 1.72. The van der Waals surface area contributed by atoms with Gasteiger partial charge in [0.2, 0.25) is 5.91 Å². The van der Waals surface area contributed by atoms with Crippen LogP contribution in [0.15, 0.2) is 0 Å². The van der Waals surface area contributed by atoms with Crippen molar-refractivity contribution in [1.82, 2.24) is 5.32 Å². The highest BCUT2D eigenvalue weighted by molar-refractivity contribution is 7.16. The van der Waals surface area contributed by atoms with Gasteiger partial charge >= 0.3 is 0 Å². The molecule has 4 nitrogen and oxygen atoms in total. The molecule has 1 aromatic rings. The molecule has 0 aromatic carbocycles. The molecule has 1 heterocycles. The molecule has 1 aliphatic carbocycles. The number of thiophene rings is 1. The van der Waals surface area contributed by atoms with Gasteiger partial charge in [0.15, 0.2) is 0 Å². The fraction of sp³-hybridized carbons (Fsp3) is 0.538. The molecule has 0 radical (unpaired) electrons. The normalized spacial score (nSPS) is 14.3. The van der Waals surface area contributed by atoms with Crippen molar-refractivity contribution >= 4 is 22.2 Å². The van der Waals surface area contributed by atoms with Crippen molar-refractivity contribution in [3.63, 3.8) is 0 Å². The Hall–Kier alpha value is -1.38. The van der Waals surface area contributed by atoms with Gasteiger partial charge in [-0.25, -0.2) is 0 Å². The van der Waals surface area contributed by atoms with Crippen molar-refractivity contribution in [2.45, 2.75) is 39.2 Å². The second-order valence-electron chi connectivity index (χ2n) is 4.63. The average Bonchev–Trinajstić information content (AvgIpc) is 3.09. The molecule has 1 aliphatic rings. The Morgan fingerprint density at radius 2 is 2.22 bits per heavy atom. The number of nitriles is 1. The van der Waals surface area contributed by atoms with Gasteiger partial charge in [-0.15, -0.1) is 11.3 Å². The number of carbonyl (C=O) groups is 1. The maximum absolute atomic E-state index is 11.7. The van der Waals surface area contributed by atoms with E-state index in [1.165, 1.54) is 24.2 Å². The van der Waals surface area contributed by atoms with E-state index in [-0.39, 0.29) is 5.91 Å². The largest absolute Gasteiger partial charge is 0.317 e. The van der Waals surface area contributed by atoms with Crippen LogP contribution in [0.2, 0.25) is 0 Å². The molecular formula is C13H17N3OS. The third-order valence-electron chi connectivity index (χ3n) is 3.11. The van der Waals surface area contributed by atoms with Crippen LogP contribution in [0.3, 0.4) is 0 Å². The molecule has 1 fully saturated rings. The Kier molecular flexibility index (Phi) is 4.00. The summed E-state index contributed by atoms with van der Waals surface area (Å²) in [6.45, 7) is 4.58. The average molecular weight is 263 g/mol. The zero-order valence-electron chi connectivity index (χ0n) is 10.7. The minimum atomic E-state index is -0.0269. The summed E-state index contributed by atoms with van der Waals surface area (Å²) in [6, 6.07) is 2.78. The van der Waals surface area contributed by atoms with Gasteiger partial charge in [0, 0.05) is 23.9 Å². The molecule has 0 saturated heterocycles. The van der Waals surface area contributed by atoms with Crippen LogP contribution in [-0.4, -0.2) is 18.5 Å². The van der Waals surface area contributed by atoms with Crippen molar-refractivity contribution < 1.29 is 4.79 Å². The SMILES string of the molecule is Cc1sc(NC(=O)CCNC2CC2)c(C#N)c1C. The summed E-state index contributed by atoms with van der Waals surface area (Å²) in [5, 5.41) is 15.9. The summed E-state index contributed by atoms with van der Waals surface area (Å²) < 4.78 is 0. The van der Waals surface area contributed by atoms with Crippen molar-refractivity contribution in [3.05, 3.63) is 16.0 Å². The van der Waals surface area contributed by atoms with Gasteiger partial charge in [-0.05, 0) is 32.3 Å². The Morgan fingerprint density at radius 1 is 1.50 bits per heavy atom. The van der Waals surface area contributed by atoms with Gasteiger partial charge in [-0.3, -0.25) is 4.79 Å². The van der Waals surface area contributed by atoms with E-state index in [1.807, 2.05) is 13.8 Å². The molecule has 0 unspecified atom stereocenters. The standard InChI is InChI=1S/C13H17N3OS/c1-8-9(2)18-13(11(8)7-14)16-12(17)5-6-15-10-3-4-10/h10,15H,3-6H2,1-2H3,(H,16,17). The highest BCUT2D eigenvalue weighted by Gasteiger charge is 2.20. The number of nitrogens with one attached hydrogen (secondary N) is 2. The molecular weight excluding hydrogens is 246 g/mol. The molecule has 2 N–H and O–H groups in total. The van der Waals surface area contributed by atoms with Crippen LogP contribution in [0.4, 0.5) is 5.00 Å². The predicted octanol–water partition coefficient (Wildman–Crippen LogP) is 2.32. The molecule has 96 valence electrons. The van der Waals surface area contributed by atoms with E-state index in [2.05, 4.69) is 16.7 Å². The Morgan fingerprint density at radius 3 is 2.83 bits per heavy atom. The van der Waals surface area contributed by atoms with E-state index in [0.717, 1.165) is 10.4 Å². The minimum absolute atomic E-state index is 0.0269. The van der Waals surface area contributed by atoms with E-state index < -0.39 is 0 Å². The van der Waals surface area contributed by atoms with Crippen LogP contribution >= 0.6 is 11.3 Å². The Balaban J connectivity index is 1.89. The quantitative estimate of drug-likeness (QED) is 0.857. The molecule has 5 heteroatoms. The van der Waals surface area contributed by atoms with Gasteiger partial charge in [-0.1, -0.05) is 0 Å². The molecule has 2 rings (SSSR count). The number of rotatable bonds is 5. The summed E-state index contributed by atoms with van der Waals surface area (Å²) >= 11 is 1.47. The second kappa shape index (κ2) is 5.51. The lowest BCUT2D eigenvalue weighted by molar-refractivity contribution is -0.116. The Bertz CT molecular complexity index is 497. The topological polar surface area (TPSA) is 64.9 Å². The number of anilines is 1. The predicted molar refractivity (Wildman–Crippen MR) is 72.8 cm³/mol. The van der Waals surface area contributed by atoms with Crippen LogP contribution in [-0.2, 0) is 4.79 Å². The van der Waals surface area contributed by atoms with Crippen molar-refractivity contribution in [1.29, 1.82) is 5.26 Å². The first-order valence-electron chi connectivity index (χ1n) is 6.15. The molecule has 0 atom stereocenters. The molecule has 0 aliphatic heterocycles. The lowest BCUT2D eigenvalue weighted by Gasteiger charge is -2.04. The summed E-state index contributed by atoms with van der Waals surface area (Å²) in [4.78, 5) is 12.8. The highest BCUT2D eigenvalue weighted by Crippen LogP contribution is 2.31. The monoisotopic (exact) mass is 263 g/mol. The second-order valence-corrected chi connectivity index (χ2v) is 5.85. The van der Waals surface area contributed by atoms with Gasteiger partial charge in [0.05, 0.1) is 5.56 Å². The maximum atomic E-state index is 11.7. The summed E-state index contributed by atoms with van der Waals surface area (Å²) in [5.74, 6) is -0.0269. The zero-order chi connectivity index (χ0) is 13.1. The summed E-state index contributed by atoms with van der Waals surface area (Å²) in [5.41, 5.74) is 1.56. The first kappa shape index (κ1) is 13.1. The smallest absolute Gasteiger partial charge is 0.226 e. The molecule has 18 heavy (non-hydrogen) atoms. The van der Waals surface area contributed by atoms with Crippen LogP contribution in [0.1, 0.15) is 35.3 Å². The van der Waals surface area contributed by atoms with Crippen LogP contribution in [0.25, 0.3) is 0 Å². The van der Waals surface area contributed by atoms with Gasteiger partial charge in [-0.2, -0.15) is 5.26 Å². The number of nitrogens with zero attached hydrogens (tertiary/aromatic N) is 1. The maximum Gasteiger partial charge on any atom is 0.226 e. The van der Waals surface area contributed by atoms with Gasteiger partial charge < -0.3 is 10.6 Å². The van der Waals surface area contributed by atoms with Gasteiger partial charge in [0.1, 0.15) is 11.1 Å². The first-order valence-corrected chi connectivity index (χ1v) is 6.96. The lowest BCUT2D eigenvalue weighted by Crippen LogP contribution is -2.23. The van der Waals surface area contributed by atoms with E-state index in [0.29, 0.717) is 29.6 Å². The zero-order valence-corrected chi connectivity index (χ0v) is 11.5. The van der Waals surface area contributed by atoms with Crippen molar-refractivity contribution in [2.75, 3.05) is 11.9 Å². The highest BCUT2D eigenvalue weighted by atomic mass is 32.1. The fourth-order valence-corrected chi connectivity index (χ4v) is 2.74. The third-order valence-corrected chi connectivity index (χ3v) is 4.24. The Labute approximate surface area is 111 Å². The summed E-state index contributed by atoms with van der Waals surface area (Å²) in [6.07, 6.45) is 2.91. The number of hydrogen-bond donors (Lipinski definition) is 2. The van der Waals surface area contributed by atoms with Crippen molar-refractivity contribution in [3.8, 4) is 6.07 Å². The van der Waals surface area contributed by atoms with Crippen LogP contribution in [0, 0.1) is 25.2 Å². The van der Waals surface area contributed by atoms with E-state index in [9.17, 15) is 4.79 Å². The van der Waals surface area contributed by atoms with E-state index in [4.69, 9.17) is 5.26 Å². The van der Waals surface area contributed by atoms with E-state index in [1.54, 1.807) is 0 Å². The number of amides is 1. The molecule has 1 amide bonds. The number of aryl methyl sites for hydroxylation is 1. The lowest BCUT2D eigenvalue weighted by atomic mass is 10.2. The van der Waals surface area contributed by atoms with E-state index >= 15 is 0 Å². The van der Waals surface area contributed by atoms with Crippen LogP contribution in [0.5, 0.6) is 0 Å². The third kappa shape index (κ3) is 3.09. The first-order chi connectivity index (χ1) is 8.61. The minimum Gasteiger partial charge on any atom is -0.317 e. The molecule has 1 saturated carbocycles.